The molecule has 0 aromatic heterocycles. The van der Waals surface area contributed by atoms with E-state index in [1.807, 2.05) is 0 Å². The van der Waals surface area contributed by atoms with Crippen LogP contribution in [0.3, 0.4) is 0 Å². The Morgan fingerprint density at radius 1 is 1.25 bits per heavy atom. The van der Waals surface area contributed by atoms with Gasteiger partial charge >= 0.3 is 0 Å². The molecule has 0 N–H and O–H groups in total. The van der Waals surface area contributed by atoms with Gasteiger partial charge in [-0.05, 0) is 24.5 Å². The van der Waals surface area contributed by atoms with Crippen LogP contribution in [0.15, 0.2) is 18.2 Å². The number of amides is 1. The number of hydrogen-bond donors (Lipinski definition) is 0. The lowest BCUT2D eigenvalue weighted by molar-refractivity contribution is 0.0619. The third-order valence-electron chi connectivity index (χ3n) is 3.71. The van der Waals surface area contributed by atoms with Crippen molar-refractivity contribution in [2.24, 2.45) is 5.92 Å². The first kappa shape index (κ1) is 15.0. The van der Waals surface area contributed by atoms with Gasteiger partial charge in [-0.2, -0.15) is 0 Å². The zero-order valence-corrected chi connectivity index (χ0v) is 12.5. The Labute approximate surface area is 120 Å². The van der Waals surface area contributed by atoms with Gasteiger partial charge in [-0.3, -0.25) is 9.69 Å². The largest absolute Gasteiger partial charge is 0.336 e. The zero-order valence-electron chi connectivity index (χ0n) is 12.5. The van der Waals surface area contributed by atoms with Gasteiger partial charge in [0.1, 0.15) is 5.82 Å². The maximum Gasteiger partial charge on any atom is 0.256 e. The lowest BCUT2D eigenvalue weighted by Gasteiger charge is -2.35. The van der Waals surface area contributed by atoms with Crippen LogP contribution in [0.5, 0.6) is 0 Å². The van der Waals surface area contributed by atoms with Crippen LogP contribution in [-0.2, 0) is 0 Å². The first-order valence-electron chi connectivity index (χ1n) is 7.25. The second kappa shape index (κ2) is 6.35. The average Bonchev–Trinajstić information content (AvgIpc) is 2.41. The fourth-order valence-corrected chi connectivity index (χ4v) is 2.63. The number of hydrogen-bond acceptors (Lipinski definition) is 2. The van der Waals surface area contributed by atoms with E-state index >= 15 is 0 Å². The topological polar surface area (TPSA) is 23.6 Å². The molecule has 0 radical (unpaired) electrons. The van der Waals surface area contributed by atoms with Gasteiger partial charge in [-0.1, -0.05) is 26.0 Å². The molecule has 3 nitrogen and oxygen atoms in total. The lowest BCUT2D eigenvalue weighted by atomic mass is 10.1. The van der Waals surface area contributed by atoms with Gasteiger partial charge in [0.25, 0.3) is 5.91 Å². The van der Waals surface area contributed by atoms with Gasteiger partial charge in [0, 0.05) is 32.7 Å². The monoisotopic (exact) mass is 278 g/mol. The Balaban J connectivity index is 2.00. The standard InChI is InChI=1S/C16H23FN2O/c1-12(2)11-18-7-9-19(10-8-18)16(20)14-6-4-5-13(3)15(14)17/h4-6,12H,7-11H2,1-3H3. The van der Waals surface area contributed by atoms with E-state index in [0.29, 0.717) is 24.6 Å². The van der Waals surface area contributed by atoms with E-state index in [-0.39, 0.29) is 17.3 Å². The highest BCUT2D eigenvalue weighted by Gasteiger charge is 2.24. The third-order valence-corrected chi connectivity index (χ3v) is 3.71. The maximum atomic E-state index is 14.0. The van der Waals surface area contributed by atoms with Crippen molar-refractivity contribution in [3.05, 3.63) is 35.1 Å². The van der Waals surface area contributed by atoms with Crippen LogP contribution in [0.2, 0.25) is 0 Å². The molecule has 20 heavy (non-hydrogen) atoms. The van der Waals surface area contributed by atoms with Crippen molar-refractivity contribution in [3.8, 4) is 0 Å². The molecule has 1 aliphatic rings. The highest BCUT2D eigenvalue weighted by Crippen LogP contribution is 2.16. The van der Waals surface area contributed by atoms with E-state index in [4.69, 9.17) is 0 Å². The molecular formula is C16H23FN2O. The molecule has 1 saturated heterocycles. The number of nitrogens with zero attached hydrogens (tertiary/aromatic N) is 2. The van der Waals surface area contributed by atoms with Gasteiger partial charge in [0.15, 0.2) is 0 Å². The molecule has 110 valence electrons. The summed E-state index contributed by atoms with van der Waals surface area (Å²) in [5.41, 5.74) is 0.719. The molecular weight excluding hydrogens is 255 g/mol. The smallest absolute Gasteiger partial charge is 0.256 e. The normalized spacial score (nSPS) is 16.8. The predicted octanol–water partition coefficient (Wildman–Crippen LogP) is 2.55. The summed E-state index contributed by atoms with van der Waals surface area (Å²) in [5, 5.41) is 0. The van der Waals surface area contributed by atoms with E-state index in [1.54, 1.807) is 30.0 Å². The van der Waals surface area contributed by atoms with Gasteiger partial charge in [0.05, 0.1) is 5.56 Å². The molecule has 1 aromatic rings. The molecule has 0 saturated carbocycles. The molecule has 4 heteroatoms. The van der Waals surface area contributed by atoms with Crippen molar-refractivity contribution in [1.29, 1.82) is 0 Å². The van der Waals surface area contributed by atoms with Gasteiger partial charge in [0.2, 0.25) is 0 Å². The first-order chi connectivity index (χ1) is 9.49. The number of halogens is 1. The van der Waals surface area contributed by atoms with Crippen molar-refractivity contribution in [1.82, 2.24) is 9.80 Å². The Kier molecular flexibility index (Phi) is 4.76. The predicted molar refractivity (Wildman–Crippen MR) is 78.3 cm³/mol. The summed E-state index contributed by atoms with van der Waals surface area (Å²) in [7, 11) is 0. The highest BCUT2D eigenvalue weighted by molar-refractivity contribution is 5.94. The molecule has 2 rings (SSSR count). The Hall–Kier alpha value is -1.42. The number of rotatable bonds is 3. The summed E-state index contributed by atoms with van der Waals surface area (Å²) in [5.74, 6) is 0.0592. The number of benzene rings is 1. The Morgan fingerprint density at radius 2 is 1.90 bits per heavy atom. The minimum Gasteiger partial charge on any atom is -0.336 e. The van der Waals surface area contributed by atoms with Gasteiger partial charge in [-0.25, -0.2) is 4.39 Å². The summed E-state index contributed by atoms with van der Waals surface area (Å²) in [6, 6.07) is 5.00. The number of carbonyl (C=O) groups is 1. The zero-order chi connectivity index (χ0) is 14.7. The summed E-state index contributed by atoms with van der Waals surface area (Å²) in [4.78, 5) is 16.5. The number of carbonyl (C=O) groups excluding carboxylic acids is 1. The average molecular weight is 278 g/mol. The van der Waals surface area contributed by atoms with Crippen molar-refractivity contribution >= 4 is 5.91 Å². The van der Waals surface area contributed by atoms with Crippen LogP contribution >= 0.6 is 0 Å². The van der Waals surface area contributed by atoms with E-state index in [9.17, 15) is 9.18 Å². The fourth-order valence-electron chi connectivity index (χ4n) is 2.63. The molecule has 1 aliphatic heterocycles. The van der Waals surface area contributed by atoms with E-state index in [2.05, 4.69) is 18.7 Å². The van der Waals surface area contributed by atoms with Crippen LogP contribution in [0, 0.1) is 18.7 Å². The molecule has 1 amide bonds. The maximum absolute atomic E-state index is 14.0. The van der Waals surface area contributed by atoms with Crippen LogP contribution in [0.4, 0.5) is 4.39 Å². The van der Waals surface area contributed by atoms with E-state index in [1.165, 1.54) is 0 Å². The molecule has 1 fully saturated rings. The molecule has 0 unspecified atom stereocenters. The molecule has 0 bridgehead atoms. The molecule has 0 spiro atoms. The summed E-state index contributed by atoms with van der Waals surface area (Å²) < 4.78 is 14.0. The fraction of sp³-hybridized carbons (Fsp3) is 0.562. The molecule has 1 aromatic carbocycles. The second-order valence-electron chi connectivity index (χ2n) is 5.92. The van der Waals surface area contributed by atoms with Gasteiger partial charge in [-0.15, -0.1) is 0 Å². The van der Waals surface area contributed by atoms with Crippen LogP contribution < -0.4 is 0 Å². The summed E-state index contributed by atoms with van der Waals surface area (Å²) in [6.07, 6.45) is 0. The van der Waals surface area contributed by atoms with Crippen molar-refractivity contribution in [2.45, 2.75) is 20.8 Å². The van der Waals surface area contributed by atoms with Crippen molar-refractivity contribution < 1.29 is 9.18 Å². The van der Waals surface area contributed by atoms with Crippen molar-refractivity contribution in [3.63, 3.8) is 0 Å². The first-order valence-corrected chi connectivity index (χ1v) is 7.25. The lowest BCUT2D eigenvalue weighted by Crippen LogP contribution is -2.49. The summed E-state index contributed by atoms with van der Waals surface area (Å²) in [6.45, 7) is 10.2. The molecule has 1 heterocycles. The van der Waals surface area contributed by atoms with Crippen molar-refractivity contribution in [2.75, 3.05) is 32.7 Å². The van der Waals surface area contributed by atoms with Crippen LogP contribution in [0.25, 0.3) is 0 Å². The Bertz CT molecular complexity index is 479. The minimum absolute atomic E-state index is 0.185. The minimum atomic E-state index is -0.387. The quantitative estimate of drug-likeness (QED) is 0.848. The van der Waals surface area contributed by atoms with E-state index < -0.39 is 0 Å². The van der Waals surface area contributed by atoms with Crippen LogP contribution in [-0.4, -0.2) is 48.4 Å². The number of piperazine rings is 1. The van der Waals surface area contributed by atoms with Crippen LogP contribution in [0.1, 0.15) is 29.8 Å². The van der Waals surface area contributed by atoms with E-state index in [0.717, 1.165) is 19.6 Å². The molecule has 0 aliphatic carbocycles. The Morgan fingerprint density at radius 3 is 2.50 bits per heavy atom. The highest BCUT2D eigenvalue weighted by atomic mass is 19.1. The molecule has 0 atom stereocenters. The SMILES string of the molecule is Cc1cccc(C(=O)N2CCN(CC(C)C)CC2)c1F. The number of aryl methyl sites for hydroxylation is 1. The van der Waals surface area contributed by atoms with Gasteiger partial charge < -0.3 is 4.90 Å². The second-order valence-corrected chi connectivity index (χ2v) is 5.92. The third kappa shape index (κ3) is 3.37. The summed E-state index contributed by atoms with van der Waals surface area (Å²) >= 11 is 0.